The van der Waals surface area contributed by atoms with Crippen LogP contribution in [-0.2, 0) is 6.42 Å². The van der Waals surface area contributed by atoms with Crippen molar-refractivity contribution in [3.8, 4) is 11.4 Å². The minimum atomic E-state index is -0.293. The molecular weight excluding hydrogens is 332 g/mol. The molecule has 0 spiro atoms. The summed E-state index contributed by atoms with van der Waals surface area (Å²) in [6, 6.07) is 7.19. The second-order valence-corrected chi connectivity index (χ2v) is 5.60. The lowest BCUT2D eigenvalue weighted by Crippen LogP contribution is -2.26. The van der Waals surface area contributed by atoms with Gasteiger partial charge in [-0.2, -0.15) is 4.98 Å². The summed E-state index contributed by atoms with van der Waals surface area (Å²) >= 11 is 5.95. The van der Waals surface area contributed by atoms with Crippen LogP contribution in [0.15, 0.2) is 33.2 Å². The molecule has 0 saturated heterocycles. The predicted octanol–water partition coefficient (Wildman–Crippen LogP) is 2.97. The molecule has 2 heterocycles. The molecule has 0 aliphatic rings. The van der Waals surface area contributed by atoms with Crippen LogP contribution >= 0.6 is 11.6 Å². The highest BCUT2D eigenvalue weighted by atomic mass is 35.5. The minimum Gasteiger partial charge on any atom is -0.445 e. The first-order valence-corrected chi connectivity index (χ1v) is 7.71. The fourth-order valence-electron chi connectivity index (χ4n) is 2.21. The van der Waals surface area contributed by atoms with Crippen LogP contribution in [0.5, 0.6) is 0 Å². The van der Waals surface area contributed by atoms with E-state index in [0.29, 0.717) is 41.4 Å². The first-order chi connectivity index (χ1) is 11.5. The maximum Gasteiger partial charge on any atom is 0.273 e. The van der Waals surface area contributed by atoms with E-state index in [1.165, 1.54) is 0 Å². The Hall–Kier alpha value is -2.67. The van der Waals surface area contributed by atoms with Crippen LogP contribution in [0.2, 0.25) is 5.02 Å². The Morgan fingerprint density at radius 1 is 1.29 bits per heavy atom. The zero-order valence-corrected chi connectivity index (χ0v) is 13.9. The van der Waals surface area contributed by atoms with Gasteiger partial charge in [-0.3, -0.25) is 4.79 Å². The number of carbonyl (C=O) groups excluding carboxylic acids is 1. The molecule has 1 N–H and O–H groups in total. The molecule has 124 valence electrons. The van der Waals surface area contributed by atoms with Gasteiger partial charge in [-0.15, -0.1) is 0 Å². The number of nitrogens with one attached hydrogen (secondary N) is 1. The summed E-state index contributed by atoms with van der Waals surface area (Å²) in [5.41, 5.74) is 1.06. The number of aromatic nitrogens is 3. The molecule has 0 aliphatic carbocycles. The summed E-state index contributed by atoms with van der Waals surface area (Å²) in [5, 5.41) is 7.27. The highest BCUT2D eigenvalue weighted by molar-refractivity contribution is 6.30. The van der Waals surface area contributed by atoms with Crippen molar-refractivity contribution < 1.29 is 13.7 Å². The molecule has 3 rings (SSSR count). The zero-order chi connectivity index (χ0) is 17.1. The average molecular weight is 347 g/mol. The van der Waals surface area contributed by atoms with Gasteiger partial charge in [0, 0.05) is 30.5 Å². The predicted molar refractivity (Wildman–Crippen MR) is 86.8 cm³/mol. The average Bonchev–Trinajstić information content (AvgIpc) is 3.13. The number of rotatable bonds is 5. The molecule has 0 aliphatic heterocycles. The van der Waals surface area contributed by atoms with Gasteiger partial charge < -0.3 is 14.3 Å². The molecule has 0 atom stereocenters. The monoisotopic (exact) mass is 346 g/mol. The van der Waals surface area contributed by atoms with Crippen LogP contribution in [0.25, 0.3) is 11.4 Å². The van der Waals surface area contributed by atoms with Crippen LogP contribution in [0, 0.1) is 13.8 Å². The van der Waals surface area contributed by atoms with E-state index < -0.39 is 0 Å². The molecule has 1 amide bonds. The maximum absolute atomic E-state index is 12.0. The van der Waals surface area contributed by atoms with Crippen molar-refractivity contribution in [1.82, 2.24) is 20.4 Å². The van der Waals surface area contributed by atoms with Crippen molar-refractivity contribution in [3.05, 3.63) is 52.5 Å². The van der Waals surface area contributed by atoms with Crippen LogP contribution in [0.3, 0.4) is 0 Å². The third kappa shape index (κ3) is 3.62. The lowest BCUT2D eigenvalue weighted by Gasteiger charge is -2.00. The standard InChI is InChI=1S/C16H15ClN4O3/c1-9-14(19-10(2)23-9)16(22)18-7-6-13-20-15(21-24-13)11-4-3-5-12(17)8-11/h3-5,8H,6-7H2,1-2H3,(H,18,22). The van der Waals surface area contributed by atoms with Crippen LogP contribution in [0.1, 0.15) is 28.0 Å². The summed E-state index contributed by atoms with van der Waals surface area (Å²) in [5.74, 6) is 1.55. The molecule has 0 saturated carbocycles. The number of hydrogen-bond donors (Lipinski definition) is 1. The van der Waals surface area contributed by atoms with Gasteiger partial charge >= 0.3 is 0 Å². The number of oxazole rings is 1. The normalized spacial score (nSPS) is 10.8. The molecule has 7 nitrogen and oxygen atoms in total. The lowest BCUT2D eigenvalue weighted by molar-refractivity contribution is 0.0947. The minimum absolute atomic E-state index is 0.289. The molecule has 0 unspecified atom stereocenters. The first-order valence-electron chi connectivity index (χ1n) is 7.33. The van der Waals surface area contributed by atoms with Gasteiger partial charge in [0.15, 0.2) is 11.6 Å². The van der Waals surface area contributed by atoms with Crippen molar-refractivity contribution in [2.45, 2.75) is 20.3 Å². The fourth-order valence-corrected chi connectivity index (χ4v) is 2.40. The van der Waals surface area contributed by atoms with E-state index in [1.807, 2.05) is 12.1 Å². The highest BCUT2D eigenvalue weighted by Gasteiger charge is 2.15. The number of carbonyl (C=O) groups is 1. The van der Waals surface area contributed by atoms with Gasteiger partial charge in [0.2, 0.25) is 11.7 Å². The number of halogens is 1. The van der Waals surface area contributed by atoms with Crippen LogP contribution in [0.4, 0.5) is 0 Å². The topological polar surface area (TPSA) is 94.1 Å². The van der Waals surface area contributed by atoms with Gasteiger partial charge in [-0.05, 0) is 19.1 Å². The Kier molecular flexibility index (Phi) is 4.61. The van der Waals surface area contributed by atoms with Gasteiger partial charge in [-0.1, -0.05) is 28.9 Å². The molecule has 2 aromatic heterocycles. The second-order valence-electron chi connectivity index (χ2n) is 5.17. The van der Waals surface area contributed by atoms with Gasteiger partial charge in [-0.25, -0.2) is 4.98 Å². The van der Waals surface area contributed by atoms with Crippen LogP contribution < -0.4 is 5.32 Å². The molecule has 0 radical (unpaired) electrons. The molecule has 3 aromatic rings. The summed E-state index contributed by atoms with van der Waals surface area (Å²) in [7, 11) is 0. The van der Waals surface area contributed by atoms with E-state index in [-0.39, 0.29) is 11.6 Å². The van der Waals surface area contributed by atoms with E-state index in [9.17, 15) is 4.79 Å². The van der Waals surface area contributed by atoms with Crippen molar-refractivity contribution in [2.24, 2.45) is 0 Å². The van der Waals surface area contributed by atoms with Crippen molar-refractivity contribution in [1.29, 1.82) is 0 Å². The number of benzene rings is 1. The Balaban J connectivity index is 1.58. The second kappa shape index (κ2) is 6.84. The molecular formula is C16H15ClN4O3. The summed E-state index contributed by atoms with van der Waals surface area (Å²) in [6.45, 7) is 3.74. The Morgan fingerprint density at radius 2 is 2.12 bits per heavy atom. The van der Waals surface area contributed by atoms with Gasteiger partial charge in [0.1, 0.15) is 5.76 Å². The third-order valence-electron chi connectivity index (χ3n) is 3.29. The highest BCUT2D eigenvalue weighted by Crippen LogP contribution is 2.19. The number of nitrogens with zero attached hydrogens (tertiary/aromatic N) is 3. The largest absolute Gasteiger partial charge is 0.445 e. The fraction of sp³-hybridized carbons (Fsp3) is 0.250. The first kappa shape index (κ1) is 16.2. The smallest absolute Gasteiger partial charge is 0.273 e. The summed E-state index contributed by atoms with van der Waals surface area (Å²) in [4.78, 5) is 20.4. The van der Waals surface area contributed by atoms with E-state index >= 15 is 0 Å². The molecule has 24 heavy (non-hydrogen) atoms. The van der Waals surface area contributed by atoms with E-state index in [1.54, 1.807) is 26.0 Å². The van der Waals surface area contributed by atoms with Gasteiger partial charge in [0.05, 0.1) is 0 Å². The zero-order valence-electron chi connectivity index (χ0n) is 13.2. The number of hydrogen-bond acceptors (Lipinski definition) is 6. The summed E-state index contributed by atoms with van der Waals surface area (Å²) in [6.07, 6.45) is 0.412. The Morgan fingerprint density at radius 3 is 2.83 bits per heavy atom. The summed E-state index contributed by atoms with van der Waals surface area (Å²) < 4.78 is 10.4. The van der Waals surface area contributed by atoms with Crippen molar-refractivity contribution >= 4 is 17.5 Å². The SMILES string of the molecule is Cc1nc(C(=O)NCCc2nc(-c3cccc(Cl)c3)no2)c(C)o1. The van der Waals surface area contributed by atoms with E-state index in [4.69, 9.17) is 20.5 Å². The molecule has 0 bridgehead atoms. The van der Waals surface area contributed by atoms with Crippen molar-refractivity contribution in [2.75, 3.05) is 6.54 Å². The Bertz CT molecular complexity index is 872. The van der Waals surface area contributed by atoms with Gasteiger partial charge in [0.25, 0.3) is 5.91 Å². The van der Waals surface area contributed by atoms with E-state index in [0.717, 1.165) is 5.56 Å². The van der Waals surface area contributed by atoms with E-state index in [2.05, 4.69) is 20.4 Å². The number of aryl methyl sites for hydroxylation is 2. The third-order valence-corrected chi connectivity index (χ3v) is 3.53. The van der Waals surface area contributed by atoms with Crippen molar-refractivity contribution in [3.63, 3.8) is 0 Å². The molecule has 8 heteroatoms. The van der Waals surface area contributed by atoms with Crippen LogP contribution in [-0.4, -0.2) is 27.6 Å². The quantitative estimate of drug-likeness (QED) is 0.763. The maximum atomic E-state index is 12.0. The molecule has 1 aromatic carbocycles. The number of amides is 1. The molecule has 0 fully saturated rings. The Labute approximate surface area is 143 Å². The lowest BCUT2D eigenvalue weighted by atomic mass is 10.2.